The molecule has 1 aliphatic heterocycles. The van der Waals surface area contributed by atoms with E-state index >= 15 is 0 Å². The van der Waals surface area contributed by atoms with Gasteiger partial charge in [0.1, 0.15) is 11.6 Å². The molecule has 0 radical (unpaired) electrons. The highest BCUT2D eigenvalue weighted by molar-refractivity contribution is 6.32. The first kappa shape index (κ1) is 15.6. The van der Waals surface area contributed by atoms with Gasteiger partial charge in [-0.05, 0) is 60.6 Å². The molecule has 124 valence electrons. The van der Waals surface area contributed by atoms with Gasteiger partial charge in [0.05, 0.1) is 5.69 Å². The average molecular weight is 348 g/mol. The molecule has 0 bridgehead atoms. The Hall–Kier alpha value is -1.94. The zero-order valence-electron chi connectivity index (χ0n) is 12.9. The molecule has 4 rings (SSSR count). The van der Waals surface area contributed by atoms with Gasteiger partial charge in [-0.25, -0.2) is 8.78 Å². The van der Waals surface area contributed by atoms with Crippen LogP contribution in [0.3, 0.4) is 0 Å². The highest BCUT2D eigenvalue weighted by Crippen LogP contribution is 2.49. The third kappa shape index (κ3) is 2.59. The second kappa shape index (κ2) is 5.85. The second-order valence-corrected chi connectivity index (χ2v) is 6.86. The Kier molecular flexibility index (Phi) is 3.80. The molecule has 2 aromatic carbocycles. The van der Waals surface area contributed by atoms with Crippen molar-refractivity contribution in [2.75, 3.05) is 11.4 Å². The molecule has 0 aromatic heterocycles. The molecule has 2 atom stereocenters. The van der Waals surface area contributed by atoms with Crippen LogP contribution in [0.25, 0.3) is 0 Å². The van der Waals surface area contributed by atoms with Gasteiger partial charge in [0, 0.05) is 17.5 Å². The van der Waals surface area contributed by atoms with Gasteiger partial charge in [0.15, 0.2) is 0 Å². The van der Waals surface area contributed by atoms with Crippen LogP contribution in [0.5, 0.6) is 0 Å². The highest BCUT2D eigenvalue weighted by atomic mass is 35.5. The third-order valence-corrected chi connectivity index (χ3v) is 5.28. The lowest BCUT2D eigenvalue weighted by Gasteiger charge is -2.30. The topological polar surface area (TPSA) is 20.3 Å². The molecule has 2 nitrogen and oxygen atoms in total. The fourth-order valence-corrected chi connectivity index (χ4v) is 3.85. The first-order chi connectivity index (χ1) is 11.6. The number of rotatable bonds is 2. The van der Waals surface area contributed by atoms with Crippen LogP contribution in [-0.4, -0.2) is 12.5 Å². The van der Waals surface area contributed by atoms with Gasteiger partial charge in [0.25, 0.3) is 0 Å². The minimum atomic E-state index is -0.401. The summed E-state index contributed by atoms with van der Waals surface area (Å²) in [4.78, 5) is 14.4. The normalized spacial score (nSPS) is 22.2. The summed E-state index contributed by atoms with van der Waals surface area (Å²) < 4.78 is 27.4. The van der Waals surface area contributed by atoms with E-state index in [1.807, 2.05) is 0 Å². The van der Waals surface area contributed by atoms with E-state index in [9.17, 15) is 13.6 Å². The van der Waals surface area contributed by atoms with Crippen molar-refractivity contribution in [1.29, 1.82) is 0 Å². The standard InChI is InChI=1S/C19H16ClF2NO/c20-16-7-8-17(22)18-13(16)2-1-9-23(18)19(24)15-10-14(15)11-3-5-12(21)6-4-11/h3-8,14-15H,1-2,9-10H2. The lowest BCUT2D eigenvalue weighted by molar-refractivity contribution is -0.120. The van der Waals surface area contributed by atoms with Crippen LogP contribution in [-0.2, 0) is 11.2 Å². The van der Waals surface area contributed by atoms with Crippen LogP contribution in [0.1, 0.15) is 29.9 Å². The molecule has 2 aromatic rings. The maximum atomic E-state index is 14.3. The average Bonchev–Trinajstić information content (AvgIpc) is 3.38. The molecular weight excluding hydrogens is 332 g/mol. The molecule has 1 fully saturated rings. The largest absolute Gasteiger partial charge is 0.309 e. The van der Waals surface area contributed by atoms with E-state index in [4.69, 9.17) is 11.6 Å². The number of carbonyl (C=O) groups excluding carboxylic acids is 1. The van der Waals surface area contributed by atoms with Gasteiger partial charge in [-0.2, -0.15) is 0 Å². The number of nitrogens with zero attached hydrogens (tertiary/aromatic N) is 1. The number of amides is 1. The van der Waals surface area contributed by atoms with Crippen molar-refractivity contribution in [2.45, 2.75) is 25.2 Å². The Labute approximate surface area is 144 Å². The van der Waals surface area contributed by atoms with Crippen LogP contribution >= 0.6 is 11.6 Å². The van der Waals surface area contributed by atoms with Crippen molar-refractivity contribution in [2.24, 2.45) is 5.92 Å². The molecule has 1 saturated carbocycles. The number of carbonyl (C=O) groups is 1. The molecule has 1 heterocycles. The summed E-state index contributed by atoms with van der Waals surface area (Å²) in [6, 6.07) is 9.11. The Balaban J connectivity index is 1.59. The van der Waals surface area contributed by atoms with E-state index < -0.39 is 5.82 Å². The van der Waals surface area contributed by atoms with Crippen molar-refractivity contribution < 1.29 is 13.6 Å². The Bertz CT molecular complexity index is 806. The number of benzene rings is 2. The summed E-state index contributed by atoms with van der Waals surface area (Å²) in [5, 5.41) is 0.509. The van der Waals surface area contributed by atoms with E-state index in [0.717, 1.165) is 24.0 Å². The van der Waals surface area contributed by atoms with Crippen LogP contribution in [0.4, 0.5) is 14.5 Å². The zero-order chi connectivity index (χ0) is 16.8. The quantitative estimate of drug-likeness (QED) is 0.771. The number of anilines is 1. The minimum absolute atomic E-state index is 0.0635. The predicted octanol–water partition coefficient (Wildman–Crippen LogP) is 4.70. The number of halogens is 3. The number of hydrogen-bond donors (Lipinski definition) is 0. The molecule has 2 unspecified atom stereocenters. The van der Waals surface area contributed by atoms with E-state index in [2.05, 4.69) is 0 Å². The molecule has 0 N–H and O–H groups in total. The van der Waals surface area contributed by atoms with Crippen molar-refractivity contribution in [3.63, 3.8) is 0 Å². The van der Waals surface area contributed by atoms with Gasteiger partial charge in [-0.3, -0.25) is 4.79 Å². The van der Waals surface area contributed by atoms with Crippen LogP contribution in [0, 0.1) is 17.6 Å². The Morgan fingerprint density at radius 2 is 1.88 bits per heavy atom. The van der Waals surface area contributed by atoms with Gasteiger partial charge in [-0.15, -0.1) is 0 Å². The van der Waals surface area contributed by atoms with E-state index in [1.165, 1.54) is 18.2 Å². The predicted molar refractivity (Wildman–Crippen MR) is 89.3 cm³/mol. The monoisotopic (exact) mass is 347 g/mol. The minimum Gasteiger partial charge on any atom is -0.309 e. The molecule has 24 heavy (non-hydrogen) atoms. The first-order valence-electron chi connectivity index (χ1n) is 8.10. The Morgan fingerprint density at radius 3 is 2.62 bits per heavy atom. The maximum absolute atomic E-state index is 14.3. The van der Waals surface area contributed by atoms with Crippen molar-refractivity contribution in [3.05, 3.63) is 64.2 Å². The fourth-order valence-electron chi connectivity index (χ4n) is 3.61. The molecule has 0 spiro atoms. The van der Waals surface area contributed by atoms with Crippen molar-refractivity contribution in [3.8, 4) is 0 Å². The molecule has 2 aliphatic rings. The van der Waals surface area contributed by atoms with Gasteiger partial charge >= 0.3 is 0 Å². The summed E-state index contributed by atoms with van der Waals surface area (Å²) in [7, 11) is 0. The maximum Gasteiger partial charge on any atom is 0.230 e. The van der Waals surface area contributed by atoms with Gasteiger partial charge in [0.2, 0.25) is 5.91 Å². The van der Waals surface area contributed by atoms with Gasteiger partial charge in [-0.1, -0.05) is 23.7 Å². The molecule has 1 amide bonds. The first-order valence-corrected chi connectivity index (χ1v) is 8.48. The summed E-state index contributed by atoms with van der Waals surface area (Å²) in [6.07, 6.45) is 2.18. The summed E-state index contributed by atoms with van der Waals surface area (Å²) in [5.74, 6) is -0.831. The second-order valence-electron chi connectivity index (χ2n) is 6.45. The lowest BCUT2D eigenvalue weighted by atomic mass is 10.00. The smallest absolute Gasteiger partial charge is 0.230 e. The molecule has 5 heteroatoms. The van der Waals surface area contributed by atoms with E-state index in [1.54, 1.807) is 23.1 Å². The highest BCUT2D eigenvalue weighted by Gasteiger charge is 2.47. The van der Waals surface area contributed by atoms with E-state index in [-0.39, 0.29) is 23.6 Å². The molecular formula is C19H16ClF2NO. The molecule has 1 aliphatic carbocycles. The summed E-state index contributed by atoms with van der Waals surface area (Å²) >= 11 is 6.18. The third-order valence-electron chi connectivity index (χ3n) is 4.93. The van der Waals surface area contributed by atoms with Crippen LogP contribution in [0.15, 0.2) is 36.4 Å². The Morgan fingerprint density at radius 1 is 1.12 bits per heavy atom. The summed E-state index contributed by atoms with van der Waals surface area (Å²) in [6.45, 7) is 0.510. The van der Waals surface area contributed by atoms with Crippen molar-refractivity contribution >= 4 is 23.2 Å². The van der Waals surface area contributed by atoms with E-state index in [0.29, 0.717) is 23.7 Å². The number of hydrogen-bond acceptors (Lipinski definition) is 1. The van der Waals surface area contributed by atoms with Crippen LogP contribution in [0.2, 0.25) is 5.02 Å². The SMILES string of the molecule is O=C(C1CC1c1ccc(F)cc1)N1CCCc2c(Cl)ccc(F)c21. The zero-order valence-corrected chi connectivity index (χ0v) is 13.7. The molecule has 0 saturated heterocycles. The number of fused-ring (bicyclic) bond motifs is 1. The summed E-state index contributed by atoms with van der Waals surface area (Å²) in [5.41, 5.74) is 2.01. The van der Waals surface area contributed by atoms with Crippen molar-refractivity contribution in [1.82, 2.24) is 0 Å². The fraction of sp³-hybridized carbons (Fsp3) is 0.316. The van der Waals surface area contributed by atoms with Crippen LogP contribution < -0.4 is 4.90 Å². The lowest BCUT2D eigenvalue weighted by Crippen LogP contribution is -2.37. The van der Waals surface area contributed by atoms with Gasteiger partial charge < -0.3 is 4.90 Å².